The normalized spacial score (nSPS) is 26.6. The van der Waals surface area contributed by atoms with Crippen molar-refractivity contribution in [3.8, 4) is 0 Å². The Morgan fingerprint density at radius 1 is 1.12 bits per heavy atom. The molecule has 1 amide bonds. The average Bonchev–Trinajstić information content (AvgIpc) is 3.00. The Morgan fingerprint density at radius 3 is 2.28 bits per heavy atom. The highest BCUT2D eigenvalue weighted by Crippen LogP contribution is 2.39. The summed E-state index contributed by atoms with van der Waals surface area (Å²) < 4.78 is 26.6. The molecule has 0 aromatic heterocycles. The van der Waals surface area contributed by atoms with E-state index in [1.54, 1.807) is 24.3 Å². The first-order valence-electron chi connectivity index (χ1n) is 8.42. The molecule has 2 aliphatic rings. The fraction of sp³-hybridized carbons (Fsp3) is 0.556. The van der Waals surface area contributed by atoms with Gasteiger partial charge >= 0.3 is 5.97 Å². The summed E-state index contributed by atoms with van der Waals surface area (Å²) in [6, 6.07) is 6.95. The molecule has 4 nitrogen and oxygen atoms in total. The molecule has 1 aliphatic carbocycles. The Hall–Kier alpha value is -1.69. The predicted molar refractivity (Wildman–Crippen MR) is 88.8 cm³/mol. The van der Waals surface area contributed by atoms with Crippen LogP contribution in [0.4, 0.5) is 8.78 Å². The van der Waals surface area contributed by atoms with Gasteiger partial charge in [-0.05, 0) is 30.5 Å². The van der Waals surface area contributed by atoms with Gasteiger partial charge in [0, 0.05) is 42.8 Å². The maximum absolute atomic E-state index is 13.3. The van der Waals surface area contributed by atoms with Crippen molar-refractivity contribution in [2.45, 2.75) is 37.5 Å². The van der Waals surface area contributed by atoms with Gasteiger partial charge in [0.05, 0.1) is 5.92 Å². The van der Waals surface area contributed by atoms with Crippen LogP contribution in [0, 0.1) is 11.8 Å². The van der Waals surface area contributed by atoms with E-state index in [0.29, 0.717) is 11.6 Å². The third kappa shape index (κ3) is 3.94. The van der Waals surface area contributed by atoms with Crippen molar-refractivity contribution in [1.82, 2.24) is 4.90 Å². The summed E-state index contributed by atoms with van der Waals surface area (Å²) in [6.45, 7) is 0.415. The number of carbonyl (C=O) groups is 2. The molecule has 1 aliphatic heterocycles. The lowest BCUT2D eigenvalue weighted by molar-refractivity contribution is -0.142. The van der Waals surface area contributed by atoms with E-state index in [2.05, 4.69) is 0 Å². The van der Waals surface area contributed by atoms with Crippen molar-refractivity contribution in [3.05, 3.63) is 34.9 Å². The zero-order chi connectivity index (χ0) is 18.2. The molecule has 136 valence electrons. The number of carboxylic acid groups (broad SMARTS) is 1. The second-order valence-corrected chi connectivity index (χ2v) is 7.41. The SMILES string of the molecule is O=C(O)[C@@H]1CN(C(=O)C2CCC(F)(F)CC2)C[C@H]1c1ccc(Cl)cc1. The first kappa shape index (κ1) is 18.1. The third-order valence-electron chi connectivity index (χ3n) is 5.31. The van der Waals surface area contributed by atoms with E-state index >= 15 is 0 Å². The summed E-state index contributed by atoms with van der Waals surface area (Å²) in [4.78, 5) is 25.8. The van der Waals surface area contributed by atoms with Gasteiger partial charge in [-0.15, -0.1) is 0 Å². The molecule has 1 N–H and O–H groups in total. The minimum absolute atomic E-state index is 0.119. The van der Waals surface area contributed by atoms with Crippen LogP contribution in [0.15, 0.2) is 24.3 Å². The summed E-state index contributed by atoms with van der Waals surface area (Å²) in [6.07, 6.45) is -0.238. The molecule has 0 bridgehead atoms. The van der Waals surface area contributed by atoms with Gasteiger partial charge in [0.25, 0.3) is 0 Å². The lowest BCUT2D eigenvalue weighted by Crippen LogP contribution is -2.38. The van der Waals surface area contributed by atoms with Crippen LogP contribution < -0.4 is 0 Å². The van der Waals surface area contributed by atoms with Gasteiger partial charge in [-0.3, -0.25) is 9.59 Å². The zero-order valence-electron chi connectivity index (χ0n) is 13.6. The summed E-state index contributed by atoms with van der Waals surface area (Å²) in [5.41, 5.74) is 0.822. The number of halogens is 3. The lowest BCUT2D eigenvalue weighted by atomic mass is 9.86. The minimum atomic E-state index is -2.68. The number of hydrogen-bond donors (Lipinski definition) is 1. The van der Waals surface area contributed by atoms with Crippen molar-refractivity contribution < 1.29 is 23.5 Å². The van der Waals surface area contributed by atoms with Gasteiger partial charge in [-0.2, -0.15) is 0 Å². The summed E-state index contributed by atoms with van der Waals surface area (Å²) in [5.74, 6) is -5.28. The number of benzene rings is 1. The van der Waals surface area contributed by atoms with Crippen LogP contribution in [0.1, 0.15) is 37.2 Å². The molecule has 3 rings (SSSR count). The standard InChI is InChI=1S/C18H20ClF2NO3/c19-13-3-1-11(2-4-13)14-9-22(10-15(14)17(24)25)16(23)12-5-7-18(20,21)8-6-12/h1-4,12,14-15H,5-10H2,(H,24,25)/t14-,15+/m0/s1. The monoisotopic (exact) mass is 371 g/mol. The van der Waals surface area contributed by atoms with Crippen molar-refractivity contribution >= 4 is 23.5 Å². The molecule has 1 saturated carbocycles. The quantitative estimate of drug-likeness (QED) is 0.879. The van der Waals surface area contributed by atoms with Crippen molar-refractivity contribution in [3.63, 3.8) is 0 Å². The second kappa shape index (κ2) is 6.90. The van der Waals surface area contributed by atoms with Crippen molar-refractivity contribution in [2.75, 3.05) is 13.1 Å². The molecular formula is C18H20ClF2NO3. The smallest absolute Gasteiger partial charge is 0.308 e. The van der Waals surface area contributed by atoms with Crippen LogP contribution in [0.5, 0.6) is 0 Å². The van der Waals surface area contributed by atoms with Gasteiger partial charge < -0.3 is 10.0 Å². The molecule has 7 heteroatoms. The molecule has 2 atom stereocenters. The molecule has 2 fully saturated rings. The molecule has 1 heterocycles. The third-order valence-corrected chi connectivity index (χ3v) is 5.57. The molecule has 0 radical (unpaired) electrons. The van der Waals surface area contributed by atoms with Crippen LogP contribution in [0.2, 0.25) is 5.02 Å². The Bertz CT molecular complexity index is 655. The van der Waals surface area contributed by atoms with Gasteiger partial charge in [0.2, 0.25) is 11.8 Å². The fourth-order valence-electron chi connectivity index (χ4n) is 3.83. The second-order valence-electron chi connectivity index (χ2n) is 6.98. The van der Waals surface area contributed by atoms with Gasteiger partial charge in [0.15, 0.2) is 0 Å². The average molecular weight is 372 g/mol. The number of carboxylic acids is 1. The maximum atomic E-state index is 13.3. The van der Waals surface area contributed by atoms with E-state index in [1.165, 1.54) is 4.90 Å². The molecule has 0 unspecified atom stereocenters. The van der Waals surface area contributed by atoms with Gasteiger partial charge in [0.1, 0.15) is 0 Å². The number of aliphatic carboxylic acids is 1. The Balaban J connectivity index is 1.72. The summed E-state index contributed by atoms with van der Waals surface area (Å²) >= 11 is 5.88. The van der Waals surface area contributed by atoms with Crippen LogP contribution >= 0.6 is 11.6 Å². The van der Waals surface area contributed by atoms with Crippen LogP contribution in [0.25, 0.3) is 0 Å². The van der Waals surface area contributed by atoms with Crippen LogP contribution in [0.3, 0.4) is 0 Å². The van der Waals surface area contributed by atoms with Gasteiger partial charge in [-0.1, -0.05) is 23.7 Å². The Labute approximate surface area is 149 Å². The van der Waals surface area contributed by atoms with E-state index in [-0.39, 0.29) is 44.1 Å². The molecule has 25 heavy (non-hydrogen) atoms. The molecular weight excluding hydrogens is 352 g/mol. The van der Waals surface area contributed by atoms with Gasteiger partial charge in [-0.25, -0.2) is 8.78 Å². The number of amides is 1. The van der Waals surface area contributed by atoms with E-state index < -0.39 is 23.7 Å². The van der Waals surface area contributed by atoms with E-state index in [1.807, 2.05) is 0 Å². The maximum Gasteiger partial charge on any atom is 0.308 e. The highest BCUT2D eigenvalue weighted by atomic mass is 35.5. The van der Waals surface area contributed by atoms with E-state index in [0.717, 1.165) is 5.56 Å². The number of nitrogens with zero attached hydrogens (tertiary/aromatic N) is 1. The zero-order valence-corrected chi connectivity index (χ0v) is 14.4. The Kier molecular flexibility index (Phi) is 5.00. The minimum Gasteiger partial charge on any atom is -0.481 e. The Morgan fingerprint density at radius 2 is 1.72 bits per heavy atom. The largest absolute Gasteiger partial charge is 0.481 e. The summed E-state index contributed by atoms with van der Waals surface area (Å²) in [7, 11) is 0. The first-order chi connectivity index (χ1) is 11.8. The molecule has 1 aromatic rings. The highest BCUT2D eigenvalue weighted by molar-refractivity contribution is 6.30. The van der Waals surface area contributed by atoms with E-state index in [9.17, 15) is 23.5 Å². The van der Waals surface area contributed by atoms with Crippen LogP contribution in [-0.2, 0) is 9.59 Å². The highest BCUT2D eigenvalue weighted by Gasteiger charge is 2.44. The number of rotatable bonds is 3. The summed E-state index contributed by atoms with van der Waals surface area (Å²) in [5, 5.41) is 10.1. The number of alkyl halides is 2. The van der Waals surface area contributed by atoms with Crippen LogP contribution in [-0.4, -0.2) is 40.9 Å². The fourth-order valence-corrected chi connectivity index (χ4v) is 3.95. The van der Waals surface area contributed by atoms with E-state index in [4.69, 9.17) is 11.6 Å². The first-order valence-corrected chi connectivity index (χ1v) is 8.79. The molecule has 0 spiro atoms. The molecule has 1 saturated heterocycles. The number of likely N-dealkylation sites (tertiary alicyclic amines) is 1. The number of hydrogen-bond acceptors (Lipinski definition) is 2. The lowest BCUT2D eigenvalue weighted by Gasteiger charge is -2.30. The predicted octanol–water partition coefficient (Wildman–Crippen LogP) is 3.79. The van der Waals surface area contributed by atoms with Crippen molar-refractivity contribution in [1.29, 1.82) is 0 Å². The van der Waals surface area contributed by atoms with Crippen molar-refractivity contribution in [2.24, 2.45) is 11.8 Å². The topological polar surface area (TPSA) is 57.6 Å². The number of carbonyl (C=O) groups excluding carboxylic acids is 1. The molecule has 1 aromatic carbocycles.